The highest BCUT2D eigenvalue weighted by Crippen LogP contribution is 2.12. The molecule has 6 heteroatoms. The van der Waals surface area contributed by atoms with E-state index in [1.807, 2.05) is 6.92 Å². The van der Waals surface area contributed by atoms with Crippen molar-refractivity contribution in [3.63, 3.8) is 0 Å². The minimum atomic E-state index is -0.701. The van der Waals surface area contributed by atoms with E-state index in [1.165, 1.54) is 6.20 Å². The van der Waals surface area contributed by atoms with Gasteiger partial charge in [0.05, 0.1) is 15.6 Å². The summed E-state index contributed by atoms with van der Waals surface area (Å²) >= 11 is 10.6. The molecule has 4 nitrogen and oxygen atoms in total. The van der Waals surface area contributed by atoms with Gasteiger partial charge >= 0.3 is 0 Å². The second-order valence-corrected chi connectivity index (χ2v) is 4.74. The molecule has 0 bridgehead atoms. The summed E-state index contributed by atoms with van der Waals surface area (Å²) in [7, 11) is 0. The lowest BCUT2D eigenvalue weighted by Crippen LogP contribution is -2.54. The first kappa shape index (κ1) is 13.9. The molecule has 1 atom stereocenters. The van der Waals surface area contributed by atoms with Gasteiger partial charge in [-0.05, 0) is 25.5 Å². The van der Waals surface area contributed by atoms with Crippen LogP contribution in [0.2, 0.25) is 5.02 Å². The minimum Gasteiger partial charge on any atom is -0.391 e. The fourth-order valence-corrected chi connectivity index (χ4v) is 1.46. The van der Waals surface area contributed by atoms with E-state index in [0.29, 0.717) is 11.4 Å². The molecule has 1 aromatic heterocycles. The van der Waals surface area contributed by atoms with Crippen LogP contribution in [0, 0.1) is 0 Å². The third-order valence-electron chi connectivity index (χ3n) is 2.60. The Bertz CT molecular complexity index is 435. The van der Waals surface area contributed by atoms with Gasteiger partial charge in [0.1, 0.15) is 5.69 Å². The first-order chi connectivity index (χ1) is 7.89. The van der Waals surface area contributed by atoms with E-state index in [1.54, 1.807) is 19.1 Å². The fraction of sp³-hybridized carbons (Fsp3) is 0.364. The molecule has 0 fully saturated rings. The highest BCUT2D eigenvalue weighted by atomic mass is 35.5. The van der Waals surface area contributed by atoms with Gasteiger partial charge in [0, 0.05) is 6.20 Å². The van der Waals surface area contributed by atoms with Gasteiger partial charge in [0.2, 0.25) is 0 Å². The molecule has 3 N–H and O–H groups in total. The van der Waals surface area contributed by atoms with Crippen LogP contribution in [-0.4, -0.2) is 21.4 Å². The van der Waals surface area contributed by atoms with E-state index in [0.717, 1.165) is 0 Å². The predicted octanol–water partition coefficient (Wildman–Crippen LogP) is 1.92. The Hall–Kier alpha value is -1.20. The van der Waals surface area contributed by atoms with Crippen LogP contribution < -0.4 is 11.1 Å². The van der Waals surface area contributed by atoms with Gasteiger partial charge in [-0.3, -0.25) is 4.79 Å². The van der Waals surface area contributed by atoms with Crippen molar-refractivity contribution < 1.29 is 4.79 Å². The number of pyridine rings is 1. The molecule has 1 amide bonds. The lowest BCUT2D eigenvalue weighted by Gasteiger charge is -2.28. The molecule has 92 valence electrons. The number of rotatable bonds is 4. The highest BCUT2D eigenvalue weighted by molar-refractivity contribution is 7.80. The maximum absolute atomic E-state index is 11.9. The van der Waals surface area contributed by atoms with Gasteiger partial charge in [0.25, 0.3) is 5.91 Å². The number of nitrogens with two attached hydrogens (primary N) is 1. The molecule has 1 aromatic rings. The van der Waals surface area contributed by atoms with Crippen LogP contribution in [-0.2, 0) is 0 Å². The zero-order chi connectivity index (χ0) is 13.1. The second-order valence-electron chi connectivity index (χ2n) is 3.87. The molecule has 1 rings (SSSR count). The average molecular weight is 272 g/mol. The lowest BCUT2D eigenvalue weighted by molar-refractivity contribution is 0.0921. The van der Waals surface area contributed by atoms with Crippen molar-refractivity contribution in [3.05, 3.63) is 29.0 Å². The largest absolute Gasteiger partial charge is 0.391 e. The van der Waals surface area contributed by atoms with E-state index in [2.05, 4.69) is 10.3 Å². The van der Waals surface area contributed by atoms with E-state index in [9.17, 15) is 4.79 Å². The molecule has 0 radical (unpaired) electrons. The number of halogens is 1. The molecule has 1 unspecified atom stereocenters. The molecule has 1 heterocycles. The summed E-state index contributed by atoms with van der Waals surface area (Å²) in [5, 5.41) is 3.25. The molecule has 17 heavy (non-hydrogen) atoms. The van der Waals surface area contributed by atoms with E-state index < -0.39 is 5.54 Å². The van der Waals surface area contributed by atoms with Crippen molar-refractivity contribution in [2.24, 2.45) is 5.73 Å². The molecule has 0 aliphatic carbocycles. The molecule has 0 aliphatic rings. The summed E-state index contributed by atoms with van der Waals surface area (Å²) in [5.74, 6) is -0.321. The van der Waals surface area contributed by atoms with Gasteiger partial charge in [-0.2, -0.15) is 0 Å². The van der Waals surface area contributed by atoms with Crippen LogP contribution in [0.5, 0.6) is 0 Å². The standard InChI is InChI=1S/C11H14ClN3OS/c1-3-11(2,10(13)17)15-9(16)8-5-4-7(12)6-14-8/h4-6H,3H2,1-2H3,(H2,13,17)(H,15,16). The number of hydrogen-bond acceptors (Lipinski definition) is 3. The molecule has 0 aromatic carbocycles. The SMILES string of the molecule is CCC(C)(NC(=O)c1ccc(Cl)cn1)C(N)=S. The molecule has 0 saturated carbocycles. The third-order valence-corrected chi connectivity index (χ3v) is 3.27. The van der Waals surface area contributed by atoms with E-state index in [4.69, 9.17) is 29.6 Å². The van der Waals surface area contributed by atoms with Crippen LogP contribution in [0.1, 0.15) is 30.8 Å². The van der Waals surface area contributed by atoms with Crippen molar-refractivity contribution in [1.29, 1.82) is 0 Å². The third kappa shape index (κ3) is 3.38. The fourth-order valence-electron chi connectivity index (χ4n) is 1.15. The topological polar surface area (TPSA) is 68.0 Å². The summed E-state index contributed by atoms with van der Waals surface area (Å²) in [6.07, 6.45) is 2.03. The van der Waals surface area contributed by atoms with Crippen LogP contribution >= 0.6 is 23.8 Å². The Morgan fingerprint density at radius 2 is 2.29 bits per heavy atom. The number of aromatic nitrogens is 1. The zero-order valence-electron chi connectivity index (χ0n) is 9.66. The number of amides is 1. The summed E-state index contributed by atoms with van der Waals surface area (Å²) in [6, 6.07) is 3.15. The number of carbonyl (C=O) groups excluding carboxylic acids is 1. The summed E-state index contributed by atoms with van der Waals surface area (Å²) in [6.45, 7) is 3.68. The Kier molecular flexibility index (Phi) is 4.42. The molecular weight excluding hydrogens is 258 g/mol. The predicted molar refractivity (Wildman–Crippen MR) is 72.2 cm³/mol. The Morgan fingerprint density at radius 1 is 1.65 bits per heavy atom. The van der Waals surface area contributed by atoms with Gasteiger partial charge in [-0.25, -0.2) is 4.98 Å². The highest BCUT2D eigenvalue weighted by Gasteiger charge is 2.28. The second kappa shape index (κ2) is 5.42. The van der Waals surface area contributed by atoms with Crippen LogP contribution in [0.3, 0.4) is 0 Å². The maximum atomic E-state index is 11.9. The quantitative estimate of drug-likeness (QED) is 0.821. The summed E-state index contributed by atoms with van der Waals surface area (Å²) < 4.78 is 0. The van der Waals surface area contributed by atoms with Gasteiger partial charge in [-0.1, -0.05) is 30.7 Å². The molecule has 0 aliphatic heterocycles. The molecule has 0 saturated heterocycles. The molecule has 0 spiro atoms. The lowest BCUT2D eigenvalue weighted by atomic mass is 9.99. The van der Waals surface area contributed by atoms with Crippen molar-refractivity contribution in [3.8, 4) is 0 Å². The van der Waals surface area contributed by atoms with E-state index >= 15 is 0 Å². The smallest absolute Gasteiger partial charge is 0.270 e. The molecular formula is C11H14ClN3OS. The van der Waals surface area contributed by atoms with Gasteiger partial charge < -0.3 is 11.1 Å². The van der Waals surface area contributed by atoms with Crippen molar-refractivity contribution >= 4 is 34.7 Å². The maximum Gasteiger partial charge on any atom is 0.270 e. The first-order valence-electron chi connectivity index (χ1n) is 5.13. The van der Waals surface area contributed by atoms with Gasteiger partial charge in [0.15, 0.2) is 0 Å². The number of nitrogens with zero attached hydrogens (tertiary/aromatic N) is 1. The van der Waals surface area contributed by atoms with Crippen molar-refractivity contribution in [1.82, 2.24) is 10.3 Å². The van der Waals surface area contributed by atoms with Crippen LogP contribution in [0.15, 0.2) is 18.3 Å². The number of carbonyl (C=O) groups is 1. The summed E-state index contributed by atoms with van der Waals surface area (Å²) in [5.41, 5.74) is 5.19. The van der Waals surface area contributed by atoms with Crippen molar-refractivity contribution in [2.75, 3.05) is 0 Å². The average Bonchev–Trinajstić information content (AvgIpc) is 2.29. The van der Waals surface area contributed by atoms with Crippen LogP contribution in [0.25, 0.3) is 0 Å². The normalized spacial score (nSPS) is 13.8. The van der Waals surface area contributed by atoms with Crippen LogP contribution in [0.4, 0.5) is 0 Å². The number of hydrogen-bond donors (Lipinski definition) is 2. The Labute approximate surface area is 111 Å². The minimum absolute atomic E-state index is 0.252. The monoisotopic (exact) mass is 271 g/mol. The van der Waals surface area contributed by atoms with E-state index in [-0.39, 0.29) is 16.6 Å². The zero-order valence-corrected chi connectivity index (χ0v) is 11.2. The summed E-state index contributed by atoms with van der Waals surface area (Å²) in [4.78, 5) is 16.1. The first-order valence-corrected chi connectivity index (χ1v) is 5.91. The number of thiocarbonyl (C=S) groups is 1. The number of nitrogens with one attached hydrogen (secondary N) is 1. The van der Waals surface area contributed by atoms with Crippen molar-refractivity contribution in [2.45, 2.75) is 25.8 Å². The Morgan fingerprint density at radius 3 is 2.71 bits per heavy atom. The van der Waals surface area contributed by atoms with Gasteiger partial charge in [-0.15, -0.1) is 0 Å². The Balaban J connectivity index is 2.85.